The number of amides is 1. The highest BCUT2D eigenvalue weighted by molar-refractivity contribution is 7.91. The van der Waals surface area contributed by atoms with Crippen molar-refractivity contribution in [3.8, 4) is 11.6 Å². The van der Waals surface area contributed by atoms with E-state index < -0.39 is 15.7 Å². The summed E-state index contributed by atoms with van der Waals surface area (Å²) in [4.78, 5) is 16.9. The van der Waals surface area contributed by atoms with E-state index in [0.29, 0.717) is 29.6 Å². The van der Waals surface area contributed by atoms with Gasteiger partial charge in [-0.15, -0.1) is 0 Å². The Hall–Kier alpha value is -3.72. The number of anilines is 1. The first-order valence-corrected chi connectivity index (χ1v) is 11.2. The summed E-state index contributed by atoms with van der Waals surface area (Å²) >= 11 is 0. The average Bonchev–Trinajstić information content (AvgIpc) is 3.46. The molecule has 0 saturated heterocycles. The van der Waals surface area contributed by atoms with Crippen LogP contribution in [0.15, 0.2) is 86.8 Å². The molecule has 0 radical (unpaired) electrons. The van der Waals surface area contributed by atoms with E-state index in [1.807, 2.05) is 12.1 Å². The molecule has 0 saturated carbocycles. The molecule has 31 heavy (non-hydrogen) atoms. The number of aromatic nitrogens is 2. The van der Waals surface area contributed by atoms with Gasteiger partial charge in [0.15, 0.2) is 15.6 Å². The van der Waals surface area contributed by atoms with Gasteiger partial charge in [-0.25, -0.2) is 8.42 Å². The van der Waals surface area contributed by atoms with Gasteiger partial charge in [-0.2, -0.15) is 4.98 Å². The van der Waals surface area contributed by atoms with Gasteiger partial charge in [-0.05, 0) is 35.9 Å². The van der Waals surface area contributed by atoms with Crippen LogP contribution in [0.25, 0.3) is 11.6 Å². The number of nitrogens with one attached hydrogen (secondary N) is 1. The van der Waals surface area contributed by atoms with Gasteiger partial charge in [-0.1, -0.05) is 41.6 Å². The monoisotopic (exact) mass is 437 g/mol. The molecule has 0 bridgehead atoms. The highest BCUT2D eigenvalue weighted by Gasteiger charge is 2.17. The molecule has 0 fully saturated rings. The molecule has 158 valence electrons. The van der Waals surface area contributed by atoms with Gasteiger partial charge in [-0.3, -0.25) is 4.79 Å². The molecule has 0 atom stereocenters. The number of para-hydroxylation sites is 1. The minimum Gasteiger partial charge on any atom is -0.461 e. The molecule has 2 aromatic carbocycles. The van der Waals surface area contributed by atoms with Crippen LogP contribution in [0.2, 0.25) is 0 Å². The molecule has 4 aromatic rings. The molecule has 2 aromatic heterocycles. The Kier molecular flexibility index (Phi) is 5.94. The molecule has 4 rings (SSSR count). The summed E-state index contributed by atoms with van der Waals surface area (Å²) in [6.07, 6.45) is 1.66. The van der Waals surface area contributed by atoms with Gasteiger partial charge in [0.2, 0.25) is 17.6 Å². The van der Waals surface area contributed by atoms with Crippen LogP contribution in [0.3, 0.4) is 0 Å². The summed E-state index contributed by atoms with van der Waals surface area (Å²) < 4.78 is 35.3. The predicted molar refractivity (Wildman–Crippen MR) is 113 cm³/mol. The molecule has 0 aliphatic carbocycles. The van der Waals surface area contributed by atoms with E-state index in [4.69, 9.17) is 8.94 Å². The van der Waals surface area contributed by atoms with Gasteiger partial charge in [0, 0.05) is 12.1 Å². The third kappa shape index (κ3) is 5.07. The largest absolute Gasteiger partial charge is 0.461 e. The van der Waals surface area contributed by atoms with Crippen LogP contribution < -0.4 is 5.32 Å². The zero-order chi connectivity index (χ0) is 21.7. The number of carbonyl (C=O) groups is 1. The molecule has 2 heterocycles. The van der Waals surface area contributed by atoms with E-state index in [1.165, 1.54) is 18.4 Å². The lowest BCUT2D eigenvalue weighted by molar-refractivity contribution is -0.115. The summed E-state index contributed by atoms with van der Waals surface area (Å²) in [6, 6.07) is 18.7. The zero-order valence-electron chi connectivity index (χ0n) is 16.4. The summed E-state index contributed by atoms with van der Waals surface area (Å²) in [7, 11) is -3.53. The molecule has 1 N–H and O–H groups in total. The topological polar surface area (TPSA) is 115 Å². The van der Waals surface area contributed by atoms with E-state index in [0.717, 1.165) is 5.56 Å². The normalized spacial score (nSPS) is 11.4. The Morgan fingerprint density at radius 3 is 2.52 bits per heavy atom. The Labute approximate surface area is 178 Å². The number of nitrogens with zero attached hydrogens (tertiary/aromatic N) is 2. The van der Waals surface area contributed by atoms with Crippen molar-refractivity contribution < 1.29 is 22.2 Å². The Bertz CT molecular complexity index is 1270. The molecular formula is C22H19N3O5S. The maximum absolute atomic E-state index is 12.4. The maximum atomic E-state index is 12.4. The number of carbonyl (C=O) groups excluding carboxylic acids is 1. The minimum absolute atomic E-state index is 0.158. The fourth-order valence-electron chi connectivity index (χ4n) is 2.98. The van der Waals surface area contributed by atoms with Crippen LogP contribution in [-0.4, -0.2) is 30.2 Å². The Morgan fingerprint density at radius 2 is 1.74 bits per heavy atom. The lowest BCUT2D eigenvalue weighted by Crippen LogP contribution is -2.18. The number of hydrogen-bond acceptors (Lipinski definition) is 7. The predicted octanol–water partition coefficient (Wildman–Crippen LogP) is 3.72. The molecule has 0 aliphatic heterocycles. The molecule has 8 nitrogen and oxygen atoms in total. The summed E-state index contributed by atoms with van der Waals surface area (Å²) in [5.41, 5.74) is 1.32. The average molecular weight is 437 g/mol. The van der Waals surface area contributed by atoms with E-state index >= 15 is 0 Å². The van der Waals surface area contributed by atoms with Crippen molar-refractivity contribution in [1.82, 2.24) is 10.1 Å². The van der Waals surface area contributed by atoms with E-state index in [2.05, 4.69) is 15.5 Å². The highest BCUT2D eigenvalue weighted by atomic mass is 32.2. The zero-order valence-corrected chi connectivity index (χ0v) is 17.2. The Morgan fingerprint density at radius 1 is 0.968 bits per heavy atom. The number of sulfone groups is 1. The van der Waals surface area contributed by atoms with Gasteiger partial charge < -0.3 is 14.3 Å². The number of benzene rings is 2. The molecular weight excluding hydrogens is 418 g/mol. The quantitative estimate of drug-likeness (QED) is 0.447. The van der Waals surface area contributed by atoms with Crippen molar-refractivity contribution in [3.05, 3.63) is 84.4 Å². The van der Waals surface area contributed by atoms with Crippen molar-refractivity contribution in [2.75, 3.05) is 11.1 Å². The van der Waals surface area contributed by atoms with Crippen molar-refractivity contribution in [2.24, 2.45) is 0 Å². The van der Waals surface area contributed by atoms with E-state index in [9.17, 15) is 13.2 Å². The summed E-state index contributed by atoms with van der Waals surface area (Å²) in [5, 5.41) is 6.67. The van der Waals surface area contributed by atoms with Crippen LogP contribution in [-0.2, 0) is 21.1 Å². The van der Waals surface area contributed by atoms with Crippen molar-refractivity contribution in [1.29, 1.82) is 0 Å². The second-order valence-corrected chi connectivity index (χ2v) is 8.86. The van der Waals surface area contributed by atoms with E-state index in [-0.39, 0.29) is 17.1 Å². The third-order valence-electron chi connectivity index (χ3n) is 4.54. The second kappa shape index (κ2) is 8.97. The van der Waals surface area contributed by atoms with Crippen LogP contribution in [0, 0.1) is 0 Å². The molecule has 0 spiro atoms. The smallest absolute Gasteiger partial charge is 0.238 e. The van der Waals surface area contributed by atoms with Crippen LogP contribution in [0.1, 0.15) is 17.9 Å². The van der Waals surface area contributed by atoms with E-state index in [1.54, 1.807) is 42.5 Å². The fraction of sp³-hybridized carbons (Fsp3) is 0.136. The van der Waals surface area contributed by atoms with Crippen molar-refractivity contribution >= 4 is 21.4 Å². The van der Waals surface area contributed by atoms with Gasteiger partial charge in [0.05, 0.1) is 23.3 Å². The molecule has 0 aliphatic rings. The van der Waals surface area contributed by atoms with Gasteiger partial charge in [0.1, 0.15) is 0 Å². The van der Waals surface area contributed by atoms with Crippen LogP contribution >= 0.6 is 0 Å². The number of hydrogen-bond donors (Lipinski definition) is 1. The van der Waals surface area contributed by atoms with Crippen LogP contribution in [0.5, 0.6) is 0 Å². The number of rotatable bonds is 8. The minimum atomic E-state index is -3.53. The van der Waals surface area contributed by atoms with Crippen LogP contribution in [0.4, 0.5) is 5.69 Å². The molecule has 0 unspecified atom stereocenters. The summed E-state index contributed by atoms with van der Waals surface area (Å²) in [5.74, 6) is 0.527. The van der Waals surface area contributed by atoms with Gasteiger partial charge >= 0.3 is 0 Å². The molecule has 1 amide bonds. The Balaban J connectivity index is 1.41. The lowest BCUT2D eigenvalue weighted by Gasteiger charge is -2.10. The first kappa shape index (κ1) is 20.5. The lowest BCUT2D eigenvalue weighted by atomic mass is 10.1. The fourth-order valence-corrected chi connectivity index (χ4v) is 4.24. The second-order valence-electron chi connectivity index (χ2n) is 6.75. The van der Waals surface area contributed by atoms with Crippen molar-refractivity contribution in [2.45, 2.75) is 17.7 Å². The van der Waals surface area contributed by atoms with Gasteiger partial charge in [0.25, 0.3) is 0 Å². The molecule has 9 heteroatoms. The van der Waals surface area contributed by atoms with Crippen molar-refractivity contribution in [3.63, 3.8) is 0 Å². The SMILES string of the molecule is O=C(CCS(=O)(=O)c1ccccc1)Nc1ccccc1Cc1nc(-c2ccco2)no1. The standard InChI is InChI=1S/C22H19N3O5S/c26-20(12-14-31(27,28)17-8-2-1-3-9-17)23-18-10-5-4-7-16(18)15-21-24-22(25-30-21)19-11-6-13-29-19/h1-11,13H,12,14-15H2,(H,23,26). The summed E-state index contributed by atoms with van der Waals surface area (Å²) in [6.45, 7) is 0. The first-order valence-electron chi connectivity index (χ1n) is 9.53. The third-order valence-corrected chi connectivity index (χ3v) is 6.27. The number of furan rings is 1. The maximum Gasteiger partial charge on any atom is 0.238 e. The highest BCUT2D eigenvalue weighted by Crippen LogP contribution is 2.21. The first-order chi connectivity index (χ1) is 15.0.